The molecule has 5 heteroatoms. The molecule has 24 heavy (non-hydrogen) atoms. The molecule has 1 saturated heterocycles. The third-order valence-corrected chi connectivity index (χ3v) is 4.22. The van der Waals surface area contributed by atoms with Gasteiger partial charge in [0.25, 0.3) is 5.91 Å². The molecule has 1 aromatic rings. The highest BCUT2D eigenvalue weighted by molar-refractivity contribution is 5.94. The topological polar surface area (TPSA) is 61.4 Å². The molecule has 0 aromatic heterocycles. The van der Waals surface area contributed by atoms with E-state index in [1.165, 1.54) is 32.0 Å². The Balaban J connectivity index is 1.74. The summed E-state index contributed by atoms with van der Waals surface area (Å²) >= 11 is 0. The molecule has 0 spiro atoms. The second kappa shape index (κ2) is 9.23. The number of likely N-dealkylation sites (tertiary alicyclic amines) is 1. The van der Waals surface area contributed by atoms with Gasteiger partial charge in [-0.15, -0.1) is 0 Å². The van der Waals surface area contributed by atoms with Crippen LogP contribution >= 0.6 is 0 Å². The zero-order valence-corrected chi connectivity index (χ0v) is 14.5. The minimum Gasteiger partial charge on any atom is -0.355 e. The molecule has 0 saturated carbocycles. The molecule has 1 unspecified atom stereocenters. The fraction of sp³-hybridized carbons (Fsp3) is 0.474. The van der Waals surface area contributed by atoms with Crippen molar-refractivity contribution in [3.05, 3.63) is 41.5 Å². The van der Waals surface area contributed by atoms with E-state index < -0.39 is 0 Å². The van der Waals surface area contributed by atoms with Crippen LogP contribution in [0.5, 0.6) is 0 Å². The van der Waals surface area contributed by atoms with Gasteiger partial charge in [0.2, 0.25) is 5.91 Å². The Labute approximate surface area is 144 Å². The first-order valence-corrected chi connectivity index (χ1v) is 8.59. The van der Waals surface area contributed by atoms with Crippen LogP contribution in [0, 0.1) is 5.92 Å². The Hall–Kier alpha value is -2.14. The zero-order valence-electron chi connectivity index (χ0n) is 14.5. The summed E-state index contributed by atoms with van der Waals surface area (Å²) in [5.41, 5.74) is 1.50. The summed E-state index contributed by atoms with van der Waals surface area (Å²) in [6.07, 6.45) is 5.88. The van der Waals surface area contributed by atoms with Crippen molar-refractivity contribution >= 4 is 17.9 Å². The molecule has 1 atom stereocenters. The molecule has 1 heterocycles. The van der Waals surface area contributed by atoms with Crippen LogP contribution in [0.25, 0.3) is 6.08 Å². The molecule has 0 aliphatic carbocycles. The van der Waals surface area contributed by atoms with E-state index in [1.807, 2.05) is 12.1 Å². The smallest absolute Gasteiger partial charge is 0.251 e. The third-order valence-electron chi connectivity index (χ3n) is 4.22. The van der Waals surface area contributed by atoms with Gasteiger partial charge in [-0.3, -0.25) is 9.59 Å². The standard InChI is InChI=1S/C19H27N3O2/c1-15(14-22-11-3-4-12-22)13-21-18(23)10-7-16-5-8-17(9-6-16)19(24)20-2/h5-10,15H,3-4,11-14H2,1-2H3,(H,20,24)(H,21,23)/b10-7+. The van der Waals surface area contributed by atoms with Gasteiger partial charge < -0.3 is 15.5 Å². The van der Waals surface area contributed by atoms with Gasteiger partial charge in [-0.2, -0.15) is 0 Å². The van der Waals surface area contributed by atoms with Gasteiger partial charge >= 0.3 is 0 Å². The SMILES string of the molecule is CNC(=O)c1ccc(/C=C/C(=O)NCC(C)CN2CCCC2)cc1. The lowest BCUT2D eigenvalue weighted by Crippen LogP contribution is -2.33. The number of carbonyl (C=O) groups is 2. The molecule has 1 aliphatic heterocycles. The highest BCUT2D eigenvalue weighted by Crippen LogP contribution is 2.10. The third kappa shape index (κ3) is 5.81. The summed E-state index contributed by atoms with van der Waals surface area (Å²) in [7, 11) is 1.60. The molecule has 1 aromatic carbocycles. The first-order chi connectivity index (χ1) is 11.6. The van der Waals surface area contributed by atoms with E-state index in [9.17, 15) is 9.59 Å². The van der Waals surface area contributed by atoms with Gasteiger partial charge in [0, 0.05) is 31.8 Å². The lowest BCUT2D eigenvalue weighted by Gasteiger charge is -2.20. The molecule has 0 radical (unpaired) electrons. The van der Waals surface area contributed by atoms with Crippen LogP contribution in [-0.4, -0.2) is 49.9 Å². The molecule has 1 fully saturated rings. The fourth-order valence-electron chi connectivity index (χ4n) is 2.87. The van der Waals surface area contributed by atoms with Crippen LogP contribution < -0.4 is 10.6 Å². The summed E-state index contributed by atoms with van der Waals surface area (Å²) in [6, 6.07) is 7.14. The fourth-order valence-corrected chi connectivity index (χ4v) is 2.87. The number of benzene rings is 1. The average Bonchev–Trinajstić information content (AvgIpc) is 3.10. The number of nitrogens with one attached hydrogen (secondary N) is 2. The van der Waals surface area contributed by atoms with Crippen molar-refractivity contribution < 1.29 is 9.59 Å². The Bertz CT molecular complexity index is 575. The molecule has 2 N–H and O–H groups in total. The lowest BCUT2D eigenvalue weighted by atomic mass is 10.1. The van der Waals surface area contributed by atoms with E-state index in [1.54, 1.807) is 25.3 Å². The number of nitrogens with zero attached hydrogens (tertiary/aromatic N) is 1. The van der Waals surface area contributed by atoms with Crippen LogP contribution in [0.4, 0.5) is 0 Å². The summed E-state index contributed by atoms with van der Waals surface area (Å²) in [6.45, 7) is 6.27. The maximum atomic E-state index is 11.9. The summed E-state index contributed by atoms with van der Waals surface area (Å²) in [5, 5.41) is 5.53. The zero-order chi connectivity index (χ0) is 17.4. The van der Waals surface area contributed by atoms with Crippen molar-refractivity contribution in [3.8, 4) is 0 Å². The molecule has 130 valence electrons. The van der Waals surface area contributed by atoms with Gasteiger partial charge in [-0.25, -0.2) is 0 Å². The molecular weight excluding hydrogens is 302 g/mol. The van der Waals surface area contributed by atoms with Crippen LogP contribution in [-0.2, 0) is 4.79 Å². The van der Waals surface area contributed by atoms with E-state index in [-0.39, 0.29) is 11.8 Å². The van der Waals surface area contributed by atoms with Gasteiger partial charge in [-0.05, 0) is 55.6 Å². The average molecular weight is 329 g/mol. The first kappa shape index (κ1) is 18.2. The van der Waals surface area contributed by atoms with E-state index in [0.717, 1.165) is 12.1 Å². The molecule has 2 amide bonds. The second-order valence-electron chi connectivity index (χ2n) is 6.39. The molecule has 5 nitrogen and oxygen atoms in total. The number of rotatable bonds is 7. The van der Waals surface area contributed by atoms with Crippen LogP contribution in [0.1, 0.15) is 35.7 Å². The quantitative estimate of drug-likeness (QED) is 0.751. The summed E-state index contributed by atoms with van der Waals surface area (Å²) in [4.78, 5) is 25.8. The Morgan fingerprint density at radius 2 is 1.88 bits per heavy atom. The number of hydrogen-bond acceptors (Lipinski definition) is 3. The number of hydrogen-bond donors (Lipinski definition) is 2. The molecule has 0 bridgehead atoms. The molecule has 2 rings (SSSR count). The van der Waals surface area contributed by atoms with Gasteiger partial charge in [0.1, 0.15) is 0 Å². The summed E-state index contributed by atoms with van der Waals surface area (Å²) in [5.74, 6) is 0.251. The predicted octanol–water partition coefficient (Wildman–Crippen LogP) is 1.91. The van der Waals surface area contributed by atoms with Gasteiger partial charge in [0.05, 0.1) is 0 Å². The Morgan fingerprint density at radius 3 is 2.50 bits per heavy atom. The molecular formula is C19H27N3O2. The largest absolute Gasteiger partial charge is 0.355 e. The molecule has 1 aliphatic rings. The number of carbonyl (C=O) groups excluding carboxylic acids is 2. The van der Waals surface area contributed by atoms with Crippen LogP contribution in [0.15, 0.2) is 30.3 Å². The van der Waals surface area contributed by atoms with E-state index in [4.69, 9.17) is 0 Å². The first-order valence-electron chi connectivity index (χ1n) is 8.59. The maximum Gasteiger partial charge on any atom is 0.251 e. The van der Waals surface area contributed by atoms with E-state index >= 15 is 0 Å². The summed E-state index contributed by atoms with van der Waals surface area (Å²) < 4.78 is 0. The van der Waals surface area contributed by atoms with Crippen LogP contribution in [0.3, 0.4) is 0 Å². The van der Waals surface area contributed by atoms with Crippen molar-refractivity contribution in [2.24, 2.45) is 5.92 Å². The normalized spacial score (nSPS) is 16.2. The lowest BCUT2D eigenvalue weighted by molar-refractivity contribution is -0.116. The predicted molar refractivity (Wildman–Crippen MR) is 96.7 cm³/mol. The van der Waals surface area contributed by atoms with Gasteiger partial charge in [-0.1, -0.05) is 19.1 Å². The van der Waals surface area contributed by atoms with E-state index in [2.05, 4.69) is 22.5 Å². The van der Waals surface area contributed by atoms with Crippen LogP contribution in [0.2, 0.25) is 0 Å². The highest BCUT2D eigenvalue weighted by Gasteiger charge is 2.14. The maximum absolute atomic E-state index is 11.9. The Morgan fingerprint density at radius 1 is 1.21 bits per heavy atom. The number of amides is 2. The van der Waals surface area contributed by atoms with Crippen molar-refractivity contribution in [1.82, 2.24) is 15.5 Å². The second-order valence-corrected chi connectivity index (χ2v) is 6.39. The van der Waals surface area contributed by atoms with Gasteiger partial charge in [0.15, 0.2) is 0 Å². The van der Waals surface area contributed by atoms with Crippen molar-refractivity contribution in [2.45, 2.75) is 19.8 Å². The highest BCUT2D eigenvalue weighted by atomic mass is 16.2. The monoisotopic (exact) mass is 329 g/mol. The minimum absolute atomic E-state index is 0.0846. The van der Waals surface area contributed by atoms with Crippen molar-refractivity contribution in [2.75, 3.05) is 33.2 Å². The van der Waals surface area contributed by atoms with Crippen molar-refractivity contribution in [1.29, 1.82) is 0 Å². The minimum atomic E-state index is -0.115. The van der Waals surface area contributed by atoms with Crippen molar-refractivity contribution in [3.63, 3.8) is 0 Å². The van der Waals surface area contributed by atoms with E-state index in [0.29, 0.717) is 18.0 Å². The Kier molecular flexibility index (Phi) is 7.00.